The molecule has 0 radical (unpaired) electrons. The number of aliphatic imine (C=N–C) groups is 1. The Morgan fingerprint density at radius 1 is 1.38 bits per heavy atom. The van der Waals surface area contributed by atoms with Crippen LogP contribution in [0.1, 0.15) is 19.3 Å². The monoisotopic (exact) mass is 416 g/mol. The van der Waals surface area contributed by atoms with Crippen molar-refractivity contribution in [3.05, 3.63) is 78.1 Å². The van der Waals surface area contributed by atoms with E-state index in [2.05, 4.69) is 34.9 Å². The van der Waals surface area contributed by atoms with Gasteiger partial charge in [0.25, 0.3) is 0 Å². The Balaban J connectivity index is 2.54. The standard InChI is InChI=1S/C21H29FN6S/c1-3-21(12-19(25-2)14-26-24)11-15(13-23)20(10-16(21)8-9-27-29)28-18-6-4-17(22)5-7-18/h3-7,10,13-14,25-27,29H,1,8-9,11-12,23-24H2,2H3/b15-13?,19-14-,28-20?. The number of thiol groups is 1. The van der Waals surface area contributed by atoms with Crippen LogP contribution in [0.4, 0.5) is 10.1 Å². The molecule has 0 saturated heterocycles. The van der Waals surface area contributed by atoms with Crippen LogP contribution in [0.5, 0.6) is 0 Å². The van der Waals surface area contributed by atoms with Gasteiger partial charge in [-0.25, -0.2) is 9.38 Å². The molecule has 6 nitrogen and oxygen atoms in total. The molecule has 0 aromatic heterocycles. The smallest absolute Gasteiger partial charge is 0.123 e. The van der Waals surface area contributed by atoms with Gasteiger partial charge in [-0.2, -0.15) is 0 Å². The molecule has 2 rings (SSSR count). The molecule has 1 aromatic rings. The molecule has 0 spiro atoms. The van der Waals surface area contributed by atoms with Crippen molar-refractivity contribution in [1.29, 1.82) is 0 Å². The molecule has 156 valence electrons. The number of nitrogens with two attached hydrogens (primary N) is 2. The van der Waals surface area contributed by atoms with Gasteiger partial charge in [-0.15, -0.1) is 6.58 Å². The van der Waals surface area contributed by atoms with Crippen LogP contribution in [0.2, 0.25) is 0 Å². The third kappa shape index (κ3) is 5.72. The number of rotatable bonds is 9. The quantitative estimate of drug-likeness (QED) is 0.161. The second-order valence-electron chi connectivity index (χ2n) is 6.79. The highest BCUT2D eigenvalue weighted by atomic mass is 32.1. The minimum atomic E-state index is -0.358. The Labute approximate surface area is 177 Å². The van der Waals surface area contributed by atoms with Gasteiger partial charge in [0.05, 0.1) is 11.4 Å². The highest BCUT2D eigenvalue weighted by molar-refractivity contribution is 7.78. The van der Waals surface area contributed by atoms with Crippen LogP contribution in [0, 0.1) is 11.2 Å². The Morgan fingerprint density at radius 2 is 2.10 bits per heavy atom. The fourth-order valence-electron chi connectivity index (χ4n) is 3.46. The number of hydrazine groups is 1. The van der Waals surface area contributed by atoms with E-state index < -0.39 is 0 Å². The summed E-state index contributed by atoms with van der Waals surface area (Å²) in [6.07, 6.45) is 9.36. The van der Waals surface area contributed by atoms with Crippen molar-refractivity contribution in [2.24, 2.45) is 22.0 Å². The largest absolute Gasteiger partial charge is 0.404 e. The lowest BCUT2D eigenvalue weighted by molar-refractivity contribution is 0.425. The minimum absolute atomic E-state index is 0.297. The van der Waals surface area contributed by atoms with Crippen molar-refractivity contribution in [3.63, 3.8) is 0 Å². The van der Waals surface area contributed by atoms with Crippen molar-refractivity contribution >= 4 is 24.2 Å². The molecule has 0 heterocycles. The molecule has 1 unspecified atom stereocenters. The van der Waals surface area contributed by atoms with E-state index in [-0.39, 0.29) is 11.2 Å². The fraction of sp³-hybridized carbons (Fsp3) is 0.286. The molecule has 0 fully saturated rings. The van der Waals surface area contributed by atoms with E-state index in [4.69, 9.17) is 16.6 Å². The normalized spacial score (nSPS) is 22.5. The number of hydrogen-bond acceptors (Lipinski definition) is 7. The summed E-state index contributed by atoms with van der Waals surface area (Å²) < 4.78 is 16.1. The Kier molecular flexibility index (Phi) is 8.50. The van der Waals surface area contributed by atoms with Gasteiger partial charge >= 0.3 is 0 Å². The zero-order chi connectivity index (χ0) is 21.3. The van der Waals surface area contributed by atoms with Crippen LogP contribution < -0.4 is 27.0 Å². The lowest BCUT2D eigenvalue weighted by atomic mass is 9.66. The Hall–Kier alpha value is -2.55. The molecule has 0 aliphatic heterocycles. The van der Waals surface area contributed by atoms with Gasteiger partial charge in [0.2, 0.25) is 0 Å². The number of halogens is 1. The second kappa shape index (κ2) is 10.8. The van der Waals surface area contributed by atoms with Crippen molar-refractivity contribution in [1.82, 2.24) is 15.5 Å². The second-order valence-corrected chi connectivity index (χ2v) is 7.11. The molecule has 1 aliphatic rings. The minimum Gasteiger partial charge on any atom is -0.404 e. The van der Waals surface area contributed by atoms with E-state index in [1.807, 2.05) is 19.2 Å². The van der Waals surface area contributed by atoms with Crippen LogP contribution >= 0.6 is 12.8 Å². The molecule has 0 saturated carbocycles. The highest BCUT2D eigenvalue weighted by Crippen LogP contribution is 2.46. The predicted molar refractivity (Wildman–Crippen MR) is 122 cm³/mol. The van der Waals surface area contributed by atoms with Crippen molar-refractivity contribution in [3.8, 4) is 0 Å². The van der Waals surface area contributed by atoms with Crippen LogP contribution in [0.25, 0.3) is 0 Å². The van der Waals surface area contributed by atoms with E-state index in [9.17, 15) is 4.39 Å². The van der Waals surface area contributed by atoms with E-state index in [0.717, 1.165) is 29.0 Å². The molecule has 0 amide bonds. The molecule has 1 aliphatic carbocycles. The molecule has 0 bridgehead atoms. The van der Waals surface area contributed by atoms with Gasteiger partial charge in [0.15, 0.2) is 0 Å². The summed E-state index contributed by atoms with van der Waals surface area (Å²) in [6.45, 7) is 4.80. The molecule has 1 aromatic carbocycles. The zero-order valence-corrected chi connectivity index (χ0v) is 17.5. The van der Waals surface area contributed by atoms with E-state index >= 15 is 0 Å². The van der Waals surface area contributed by atoms with E-state index in [1.165, 1.54) is 12.1 Å². The maximum absolute atomic E-state index is 13.2. The Bertz CT molecular complexity index is 828. The summed E-state index contributed by atoms with van der Waals surface area (Å²) in [5, 5.41) is 3.17. The SMILES string of the molecule is C=CC1(C/C(=C/NN)NC)CC(=CN)C(=Nc2ccc(F)cc2)C=C1CCNS. The van der Waals surface area contributed by atoms with Gasteiger partial charge < -0.3 is 16.5 Å². The maximum atomic E-state index is 13.2. The molecule has 1 atom stereocenters. The summed E-state index contributed by atoms with van der Waals surface area (Å²) in [5.74, 6) is 5.18. The van der Waals surface area contributed by atoms with Gasteiger partial charge in [0.1, 0.15) is 5.82 Å². The lowest BCUT2D eigenvalue weighted by Crippen LogP contribution is -2.32. The molecule has 8 heteroatoms. The van der Waals surface area contributed by atoms with Gasteiger partial charge in [-0.3, -0.25) is 10.6 Å². The van der Waals surface area contributed by atoms with E-state index in [1.54, 1.807) is 24.5 Å². The molecular weight excluding hydrogens is 387 g/mol. The van der Waals surface area contributed by atoms with Crippen LogP contribution in [-0.4, -0.2) is 19.3 Å². The van der Waals surface area contributed by atoms with Crippen LogP contribution in [0.3, 0.4) is 0 Å². The first-order valence-electron chi connectivity index (χ1n) is 9.31. The van der Waals surface area contributed by atoms with Crippen molar-refractivity contribution < 1.29 is 4.39 Å². The fourth-order valence-corrected chi connectivity index (χ4v) is 3.58. The maximum Gasteiger partial charge on any atom is 0.123 e. The lowest BCUT2D eigenvalue weighted by Gasteiger charge is -2.39. The highest BCUT2D eigenvalue weighted by Gasteiger charge is 2.37. The topological polar surface area (TPSA) is 100 Å². The first-order valence-corrected chi connectivity index (χ1v) is 9.76. The van der Waals surface area contributed by atoms with Gasteiger partial charge in [-0.1, -0.05) is 24.5 Å². The Morgan fingerprint density at radius 3 is 2.66 bits per heavy atom. The number of allylic oxidation sites excluding steroid dienone is 4. The number of benzene rings is 1. The number of hydrogen-bond donors (Lipinski definition) is 6. The predicted octanol–water partition coefficient (Wildman–Crippen LogP) is 2.98. The third-order valence-electron chi connectivity index (χ3n) is 5.04. The van der Waals surface area contributed by atoms with Crippen LogP contribution in [-0.2, 0) is 0 Å². The van der Waals surface area contributed by atoms with Crippen molar-refractivity contribution in [2.75, 3.05) is 13.6 Å². The molecular formula is C21H29FN6S. The first kappa shape index (κ1) is 22.7. The van der Waals surface area contributed by atoms with Gasteiger partial charge in [-0.05, 0) is 55.0 Å². The van der Waals surface area contributed by atoms with Gasteiger partial charge in [0, 0.05) is 37.3 Å². The number of nitrogens with one attached hydrogen (secondary N) is 3. The van der Waals surface area contributed by atoms with E-state index in [0.29, 0.717) is 25.1 Å². The first-order chi connectivity index (χ1) is 14.0. The summed E-state index contributed by atoms with van der Waals surface area (Å²) in [7, 11) is 1.85. The molecule has 29 heavy (non-hydrogen) atoms. The summed E-state index contributed by atoms with van der Waals surface area (Å²) >= 11 is 4.13. The summed E-state index contributed by atoms with van der Waals surface area (Å²) in [6, 6.07) is 6.06. The summed E-state index contributed by atoms with van der Waals surface area (Å²) in [5.41, 5.74) is 12.6. The summed E-state index contributed by atoms with van der Waals surface area (Å²) in [4.78, 5) is 4.69. The average Bonchev–Trinajstić information content (AvgIpc) is 2.74. The van der Waals surface area contributed by atoms with Crippen molar-refractivity contribution in [2.45, 2.75) is 19.3 Å². The molecule has 7 N–H and O–H groups in total. The third-order valence-corrected chi connectivity index (χ3v) is 5.27. The number of nitrogens with zero attached hydrogens (tertiary/aromatic N) is 1. The van der Waals surface area contributed by atoms with Crippen LogP contribution in [0.15, 0.2) is 77.2 Å². The average molecular weight is 417 g/mol. The zero-order valence-electron chi connectivity index (χ0n) is 16.6.